The number of hydrogen-bond acceptors (Lipinski definition) is 4. The second-order valence-corrected chi connectivity index (χ2v) is 9.68. The van der Waals surface area contributed by atoms with E-state index < -0.39 is 0 Å². The van der Waals surface area contributed by atoms with Gasteiger partial charge in [-0.2, -0.15) is 0 Å². The number of hydrogen-bond donors (Lipinski definition) is 1. The van der Waals surface area contributed by atoms with Crippen LogP contribution in [0, 0.1) is 18.3 Å². The van der Waals surface area contributed by atoms with Gasteiger partial charge in [-0.15, -0.1) is 0 Å². The number of amides is 1. The number of nitrogens with zero attached hydrogens (tertiary/aromatic N) is 1. The number of ether oxygens (including phenoxy) is 1. The predicted molar refractivity (Wildman–Crippen MR) is 112 cm³/mol. The van der Waals surface area contributed by atoms with Crippen molar-refractivity contribution in [1.29, 1.82) is 0 Å². The Labute approximate surface area is 172 Å². The van der Waals surface area contributed by atoms with Crippen molar-refractivity contribution in [2.75, 3.05) is 19.6 Å². The molecule has 3 aliphatic heterocycles. The monoisotopic (exact) mass is 394 g/mol. The van der Waals surface area contributed by atoms with Gasteiger partial charge in [-0.05, 0) is 73.4 Å². The molecule has 154 valence electrons. The summed E-state index contributed by atoms with van der Waals surface area (Å²) in [5, 5.41) is 3.20. The molecule has 3 saturated heterocycles. The number of rotatable bonds is 3. The molecule has 1 unspecified atom stereocenters. The van der Waals surface area contributed by atoms with E-state index in [1.54, 1.807) is 6.26 Å². The number of carbonyl (C=O) groups is 1. The van der Waals surface area contributed by atoms with Crippen molar-refractivity contribution >= 4 is 6.09 Å². The third kappa shape index (κ3) is 3.46. The van der Waals surface area contributed by atoms with Gasteiger partial charge in [0.25, 0.3) is 0 Å². The normalized spacial score (nSPS) is 29.5. The summed E-state index contributed by atoms with van der Waals surface area (Å²) in [6.07, 6.45) is 4.78. The molecule has 2 aromatic rings. The first kappa shape index (κ1) is 18.7. The number of aryl methyl sites for hydroxylation is 1. The van der Waals surface area contributed by atoms with Crippen LogP contribution in [0.3, 0.4) is 0 Å². The van der Waals surface area contributed by atoms with Crippen LogP contribution >= 0.6 is 0 Å². The lowest BCUT2D eigenvalue weighted by Crippen LogP contribution is -2.53. The van der Waals surface area contributed by atoms with Crippen LogP contribution in [-0.4, -0.2) is 36.7 Å². The lowest BCUT2D eigenvalue weighted by Gasteiger charge is -2.44. The highest BCUT2D eigenvalue weighted by Crippen LogP contribution is 2.46. The minimum Gasteiger partial charge on any atom is -0.469 e. The zero-order chi connectivity index (χ0) is 20.2. The molecule has 1 aromatic carbocycles. The van der Waals surface area contributed by atoms with Crippen molar-refractivity contribution in [3.63, 3.8) is 0 Å². The van der Waals surface area contributed by atoms with E-state index in [4.69, 9.17) is 9.15 Å². The van der Waals surface area contributed by atoms with Gasteiger partial charge in [0.15, 0.2) is 0 Å². The Morgan fingerprint density at radius 2 is 2.00 bits per heavy atom. The topological polar surface area (TPSA) is 54.7 Å². The van der Waals surface area contributed by atoms with Gasteiger partial charge in [0.1, 0.15) is 11.9 Å². The summed E-state index contributed by atoms with van der Waals surface area (Å²) in [4.78, 5) is 15.2. The van der Waals surface area contributed by atoms with Crippen LogP contribution in [0.4, 0.5) is 4.79 Å². The van der Waals surface area contributed by atoms with Crippen LogP contribution in [0.5, 0.6) is 0 Å². The van der Waals surface area contributed by atoms with E-state index in [0.29, 0.717) is 5.92 Å². The van der Waals surface area contributed by atoms with Gasteiger partial charge in [-0.3, -0.25) is 4.90 Å². The van der Waals surface area contributed by atoms with Gasteiger partial charge in [-0.25, -0.2) is 4.79 Å². The highest BCUT2D eigenvalue weighted by atomic mass is 16.6. The highest BCUT2D eigenvalue weighted by molar-refractivity contribution is 5.70. The highest BCUT2D eigenvalue weighted by Gasteiger charge is 2.42. The van der Waals surface area contributed by atoms with Crippen molar-refractivity contribution < 1.29 is 13.9 Å². The molecule has 2 atom stereocenters. The van der Waals surface area contributed by atoms with Gasteiger partial charge >= 0.3 is 6.09 Å². The Hall–Kier alpha value is -2.27. The number of furan rings is 1. The summed E-state index contributed by atoms with van der Waals surface area (Å²) < 4.78 is 11.4. The molecule has 29 heavy (non-hydrogen) atoms. The first-order valence-corrected chi connectivity index (χ1v) is 10.8. The molecule has 1 amide bonds. The second kappa shape index (κ2) is 6.91. The van der Waals surface area contributed by atoms with Crippen LogP contribution in [-0.2, 0) is 11.2 Å². The molecule has 0 radical (unpaired) electrons. The summed E-state index contributed by atoms with van der Waals surface area (Å²) in [5.74, 6) is 1.44. The Morgan fingerprint density at radius 1 is 1.21 bits per heavy atom. The van der Waals surface area contributed by atoms with Gasteiger partial charge < -0.3 is 14.5 Å². The lowest BCUT2D eigenvalue weighted by molar-refractivity contribution is -0.0348. The standard InChI is InChI=1S/C24H30N2O3/c1-15-10-19(14-28-15)17-4-5-20-18(11-17)12-24(2,3)22(20)25-23(27)29-21-13-26-8-6-16(21)7-9-26/h4-5,10-11,14,16,21-22H,6-9,12-13H2,1-3H3,(H,25,27)/t21-,22?/m1/s1. The van der Waals surface area contributed by atoms with Crippen molar-refractivity contribution in [1.82, 2.24) is 10.2 Å². The van der Waals surface area contributed by atoms with Gasteiger partial charge in [0, 0.05) is 12.1 Å². The van der Waals surface area contributed by atoms with E-state index >= 15 is 0 Å². The zero-order valence-corrected chi connectivity index (χ0v) is 17.5. The van der Waals surface area contributed by atoms with Crippen molar-refractivity contribution in [2.45, 2.75) is 52.2 Å². The molecular weight excluding hydrogens is 364 g/mol. The molecule has 5 heteroatoms. The molecule has 1 aromatic heterocycles. The summed E-state index contributed by atoms with van der Waals surface area (Å²) in [5.41, 5.74) is 4.69. The van der Waals surface area contributed by atoms with Gasteiger partial charge in [0.05, 0.1) is 12.3 Å². The average molecular weight is 395 g/mol. The number of nitrogens with one attached hydrogen (secondary N) is 1. The molecule has 6 rings (SSSR count). The van der Waals surface area contributed by atoms with Crippen LogP contribution in [0.15, 0.2) is 34.9 Å². The molecule has 2 bridgehead atoms. The number of carbonyl (C=O) groups excluding carboxylic acids is 1. The largest absolute Gasteiger partial charge is 0.469 e. The maximum Gasteiger partial charge on any atom is 0.407 e. The fourth-order valence-electron chi connectivity index (χ4n) is 5.44. The molecule has 5 nitrogen and oxygen atoms in total. The summed E-state index contributed by atoms with van der Waals surface area (Å²) in [6.45, 7) is 9.57. The van der Waals surface area contributed by atoms with Gasteiger partial charge in [0.2, 0.25) is 0 Å². The summed E-state index contributed by atoms with van der Waals surface area (Å²) >= 11 is 0. The van der Waals surface area contributed by atoms with Crippen molar-refractivity contribution in [2.24, 2.45) is 11.3 Å². The predicted octanol–water partition coefficient (Wildman–Crippen LogP) is 4.70. The third-order valence-corrected chi connectivity index (χ3v) is 7.06. The molecule has 4 heterocycles. The van der Waals surface area contributed by atoms with Crippen molar-refractivity contribution in [3.8, 4) is 11.1 Å². The van der Waals surface area contributed by atoms with E-state index in [1.807, 2.05) is 6.92 Å². The lowest BCUT2D eigenvalue weighted by atomic mass is 9.85. The quantitative estimate of drug-likeness (QED) is 0.820. The number of fused-ring (bicyclic) bond motifs is 4. The zero-order valence-electron chi connectivity index (χ0n) is 17.5. The molecule has 0 saturated carbocycles. The number of piperidine rings is 3. The minimum atomic E-state index is -0.274. The van der Waals surface area contributed by atoms with E-state index in [-0.39, 0.29) is 23.7 Å². The fraction of sp³-hybridized carbons (Fsp3) is 0.542. The Balaban J connectivity index is 1.32. The van der Waals surface area contributed by atoms with Gasteiger partial charge in [-0.1, -0.05) is 32.0 Å². The SMILES string of the molecule is Cc1cc(-c2ccc3c(c2)CC(C)(C)C3NC(=O)O[C@@H]2CN3CCC2CC3)co1. The number of benzene rings is 1. The van der Waals surface area contributed by atoms with E-state index in [0.717, 1.165) is 55.8 Å². The van der Waals surface area contributed by atoms with Crippen LogP contribution < -0.4 is 5.32 Å². The second-order valence-electron chi connectivity index (χ2n) is 9.68. The smallest absolute Gasteiger partial charge is 0.407 e. The maximum absolute atomic E-state index is 12.8. The van der Waals surface area contributed by atoms with E-state index in [9.17, 15) is 4.79 Å². The Kier molecular flexibility index (Phi) is 4.46. The van der Waals surface area contributed by atoms with Crippen molar-refractivity contribution in [3.05, 3.63) is 47.4 Å². The van der Waals surface area contributed by atoms with E-state index in [1.165, 1.54) is 11.1 Å². The summed E-state index contributed by atoms with van der Waals surface area (Å²) in [7, 11) is 0. The summed E-state index contributed by atoms with van der Waals surface area (Å²) in [6, 6.07) is 8.54. The van der Waals surface area contributed by atoms with Crippen LogP contribution in [0.2, 0.25) is 0 Å². The molecule has 4 aliphatic rings. The fourth-order valence-corrected chi connectivity index (χ4v) is 5.44. The average Bonchev–Trinajstić information content (AvgIpc) is 3.23. The first-order valence-electron chi connectivity index (χ1n) is 10.8. The first-order chi connectivity index (χ1) is 13.9. The molecule has 1 aliphatic carbocycles. The van der Waals surface area contributed by atoms with Crippen LogP contribution in [0.1, 0.15) is 49.6 Å². The molecule has 3 fully saturated rings. The molecule has 1 N–H and O–H groups in total. The maximum atomic E-state index is 12.8. The minimum absolute atomic E-state index is 0.0354. The van der Waals surface area contributed by atoms with E-state index in [2.05, 4.69) is 48.3 Å². The number of alkyl carbamates (subject to hydrolysis) is 1. The molecule has 0 spiro atoms. The molecular formula is C24H30N2O3. The third-order valence-electron chi connectivity index (χ3n) is 7.06. The Morgan fingerprint density at radius 3 is 2.66 bits per heavy atom. The Bertz CT molecular complexity index is 924. The van der Waals surface area contributed by atoms with Crippen LogP contribution in [0.25, 0.3) is 11.1 Å².